The van der Waals surface area contributed by atoms with Crippen LogP contribution in [-0.2, 0) is 16.0 Å². The molecule has 0 aliphatic carbocycles. The van der Waals surface area contributed by atoms with Crippen LogP contribution < -0.4 is 0 Å². The molecule has 0 bridgehead atoms. The van der Waals surface area contributed by atoms with Crippen LogP contribution in [0.2, 0.25) is 0 Å². The number of aromatic nitrogens is 2. The summed E-state index contributed by atoms with van der Waals surface area (Å²) in [4.78, 5) is 17.2. The lowest BCUT2D eigenvalue weighted by Gasteiger charge is -2.04. The second kappa shape index (κ2) is 8.03. The molecule has 5 heteroatoms. The van der Waals surface area contributed by atoms with Gasteiger partial charge in [-0.1, -0.05) is 66.2 Å². The van der Waals surface area contributed by atoms with Gasteiger partial charge in [-0.25, -0.2) is 14.5 Å². The van der Waals surface area contributed by atoms with E-state index in [1.807, 2.05) is 103 Å². The summed E-state index contributed by atoms with van der Waals surface area (Å²) in [5.74, 6) is 0.0498. The van der Waals surface area contributed by atoms with Gasteiger partial charge in [0.25, 0.3) is 0 Å². The molecule has 3 aromatic carbocycles. The van der Waals surface area contributed by atoms with Crippen molar-refractivity contribution >= 4 is 11.9 Å². The Labute approximate surface area is 180 Å². The zero-order valence-electron chi connectivity index (χ0n) is 17.1. The van der Waals surface area contributed by atoms with E-state index in [4.69, 9.17) is 9.84 Å². The largest absolute Gasteiger partial charge is 0.406 e. The number of hydrogen-bond acceptors (Lipinski definition) is 4. The molecule has 1 aromatic heterocycles. The average molecular weight is 407 g/mol. The standard InChI is InChI=1S/C26H21N3O2/c1-18-12-14-20(15-13-18)25-27-23(26(30)31-25)16-21-17-29(22-10-6-3-7-11-22)28-24(21)19-8-4-2-5-9-19/h2-15,17,23H,16H2,1H3. The van der Waals surface area contributed by atoms with Gasteiger partial charge in [-0.15, -0.1) is 0 Å². The molecule has 31 heavy (non-hydrogen) atoms. The van der Waals surface area contributed by atoms with Crippen molar-refractivity contribution in [2.45, 2.75) is 19.4 Å². The smallest absolute Gasteiger partial charge is 0.338 e. The van der Waals surface area contributed by atoms with Gasteiger partial charge < -0.3 is 4.74 Å². The number of ether oxygens (including phenoxy) is 1. The summed E-state index contributed by atoms with van der Waals surface area (Å²) in [5, 5.41) is 4.82. The van der Waals surface area contributed by atoms with Crippen molar-refractivity contribution < 1.29 is 9.53 Å². The van der Waals surface area contributed by atoms with Crippen molar-refractivity contribution in [2.24, 2.45) is 4.99 Å². The van der Waals surface area contributed by atoms with Crippen LogP contribution in [0.1, 0.15) is 16.7 Å². The van der Waals surface area contributed by atoms with Crippen LogP contribution in [0.25, 0.3) is 16.9 Å². The van der Waals surface area contributed by atoms with E-state index in [1.54, 1.807) is 0 Å². The Balaban J connectivity index is 1.50. The van der Waals surface area contributed by atoms with Gasteiger partial charge in [0.15, 0.2) is 6.04 Å². The van der Waals surface area contributed by atoms with E-state index in [1.165, 1.54) is 0 Å². The first-order valence-corrected chi connectivity index (χ1v) is 10.2. The van der Waals surface area contributed by atoms with E-state index in [0.29, 0.717) is 12.3 Å². The quantitative estimate of drug-likeness (QED) is 0.448. The number of benzene rings is 3. The van der Waals surface area contributed by atoms with Crippen molar-refractivity contribution in [3.05, 3.63) is 108 Å². The van der Waals surface area contributed by atoms with Crippen molar-refractivity contribution in [3.63, 3.8) is 0 Å². The second-order valence-electron chi connectivity index (χ2n) is 7.59. The molecule has 1 atom stereocenters. The average Bonchev–Trinajstić information content (AvgIpc) is 3.40. The highest BCUT2D eigenvalue weighted by Crippen LogP contribution is 2.27. The molecule has 0 saturated carbocycles. The minimum atomic E-state index is -0.591. The summed E-state index contributed by atoms with van der Waals surface area (Å²) in [5.41, 5.74) is 5.71. The Kier molecular flexibility index (Phi) is 4.92. The van der Waals surface area contributed by atoms with Gasteiger partial charge in [0, 0.05) is 29.3 Å². The molecule has 1 aliphatic rings. The van der Waals surface area contributed by atoms with Crippen LogP contribution in [-0.4, -0.2) is 27.7 Å². The van der Waals surface area contributed by atoms with E-state index < -0.39 is 6.04 Å². The maximum Gasteiger partial charge on any atom is 0.338 e. The second-order valence-corrected chi connectivity index (χ2v) is 7.59. The number of carbonyl (C=O) groups is 1. The molecule has 1 unspecified atom stereocenters. The third-order valence-corrected chi connectivity index (χ3v) is 5.31. The highest BCUT2D eigenvalue weighted by molar-refractivity contribution is 6.06. The topological polar surface area (TPSA) is 56.5 Å². The molecule has 0 radical (unpaired) electrons. The van der Waals surface area contributed by atoms with E-state index in [0.717, 1.165) is 33.6 Å². The molecule has 0 spiro atoms. The Hall–Kier alpha value is -3.99. The summed E-state index contributed by atoms with van der Waals surface area (Å²) in [6, 6.07) is 27.1. The van der Waals surface area contributed by atoms with Crippen molar-refractivity contribution in [3.8, 4) is 16.9 Å². The molecule has 152 valence electrons. The fraction of sp³-hybridized carbons (Fsp3) is 0.115. The Morgan fingerprint density at radius 2 is 1.55 bits per heavy atom. The Morgan fingerprint density at radius 3 is 2.26 bits per heavy atom. The van der Waals surface area contributed by atoms with Crippen LogP contribution in [0.5, 0.6) is 0 Å². The van der Waals surface area contributed by atoms with E-state index in [9.17, 15) is 4.79 Å². The normalized spacial score (nSPS) is 15.6. The first-order valence-electron chi connectivity index (χ1n) is 10.2. The van der Waals surface area contributed by atoms with Crippen molar-refractivity contribution in [2.75, 3.05) is 0 Å². The lowest BCUT2D eigenvalue weighted by atomic mass is 10.0. The molecule has 2 heterocycles. The first kappa shape index (κ1) is 19.0. The molecular formula is C26H21N3O2. The number of para-hydroxylation sites is 1. The Morgan fingerprint density at radius 1 is 0.871 bits per heavy atom. The predicted octanol–water partition coefficient (Wildman–Crippen LogP) is 4.76. The van der Waals surface area contributed by atoms with Crippen molar-refractivity contribution in [1.82, 2.24) is 9.78 Å². The summed E-state index contributed by atoms with van der Waals surface area (Å²) < 4.78 is 7.34. The van der Waals surface area contributed by atoms with Crippen molar-refractivity contribution in [1.29, 1.82) is 0 Å². The van der Waals surface area contributed by atoms with Crippen LogP contribution in [0.4, 0.5) is 0 Å². The van der Waals surface area contributed by atoms with Gasteiger partial charge in [0.2, 0.25) is 5.90 Å². The molecule has 0 N–H and O–H groups in total. The molecule has 4 aromatic rings. The highest BCUT2D eigenvalue weighted by Gasteiger charge is 2.31. The minimum absolute atomic E-state index is 0.331. The number of cyclic esters (lactones) is 1. The van der Waals surface area contributed by atoms with Crippen LogP contribution in [0.15, 0.2) is 96.1 Å². The van der Waals surface area contributed by atoms with E-state index in [2.05, 4.69) is 4.99 Å². The van der Waals surface area contributed by atoms with Gasteiger partial charge >= 0.3 is 5.97 Å². The van der Waals surface area contributed by atoms with E-state index in [-0.39, 0.29) is 5.97 Å². The third-order valence-electron chi connectivity index (χ3n) is 5.31. The van der Waals surface area contributed by atoms with Gasteiger partial charge in [-0.2, -0.15) is 5.10 Å². The molecule has 5 rings (SSSR count). The molecule has 5 nitrogen and oxygen atoms in total. The number of aryl methyl sites for hydroxylation is 1. The lowest BCUT2D eigenvalue weighted by Crippen LogP contribution is -2.18. The fourth-order valence-electron chi connectivity index (χ4n) is 3.66. The van der Waals surface area contributed by atoms with Gasteiger partial charge in [0.05, 0.1) is 11.4 Å². The van der Waals surface area contributed by atoms with Gasteiger partial charge in [0.1, 0.15) is 0 Å². The maximum absolute atomic E-state index is 12.6. The summed E-state index contributed by atoms with van der Waals surface area (Å²) in [6.07, 6.45) is 2.40. The molecule has 0 fully saturated rings. The fourth-order valence-corrected chi connectivity index (χ4v) is 3.66. The number of aliphatic imine (C=N–C) groups is 1. The first-order chi connectivity index (χ1) is 15.2. The number of rotatable bonds is 5. The number of esters is 1. The van der Waals surface area contributed by atoms with Crippen LogP contribution in [0, 0.1) is 6.92 Å². The summed E-state index contributed by atoms with van der Waals surface area (Å²) in [6.45, 7) is 2.02. The monoisotopic (exact) mass is 407 g/mol. The minimum Gasteiger partial charge on any atom is -0.406 e. The third kappa shape index (κ3) is 3.90. The molecule has 0 amide bonds. The number of carbonyl (C=O) groups excluding carboxylic acids is 1. The zero-order valence-corrected chi connectivity index (χ0v) is 17.1. The van der Waals surface area contributed by atoms with Crippen LogP contribution in [0.3, 0.4) is 0 Å². The van der Waals surface area contributed by atoms with Gasteiger partial charge in [-0.3, -0.25) is 0 Å². The molecule has 1 aliphatic heterocycles. The summed E-state index contributed by atoms with van der Waals surface area (Å²) in [7, 11) is 0. The number of hydrogen-bond donors (Lipinski definition) is 0. The predicted molar refractivity (Wildman–Crippen MR) is 120 cm³/mol. The van der Waals surface area contributed by atoms with E-state index >= 15 is 0 Å². The molecule has 0 saturated heterocycles. The van der Waals surface area contributed by atoms with Gasteiger partial charge in [-0.05, 0) is 31.2 Å². The van der Waals surface area contributed by atoms with Crippen LogP contribution >= 0.6 is 0 Å². The highest BCUT2D eigenvalue weighted by atomic mass is 16.6. The Bertz CT molecular complexity index is 1240. The SMILES string of the molecule is Cc1ccc(C2=NC(Cc3cn(-c4ccccc4)nc3-c3ccccc3)C(=O)O2)cc1. The maximum atomic E-state index is 12.6. The lowest BCUT2D eigenvalue weighted by molar-refractivity contribution is -0.134. The zero-order chi connectivity index (χ0) is 21.2. The molecular weight excluding hydrogens is 386 g/mol. The number of nitrogens with zero attached hydrogens (tertiary/aromatic N) is 3. The summed E-state index contributed by atoms with van der Waals surface area (Å²) >= 11 is 0.